The molecule has 0 saturated carbocycles. The minimum absolute atomic E-state index is 0.0559. The molecule has 0 aromatic heterocycles. The molecule has 1 aliphatic rings. The lowest BCUT2D eigenvalue weighted by atomic mass is 9.87. The van der Waals surface area contributed by atoms with Crippen LogP contribution in [0.1, 0.15) is 18.9 Å². The molecule has 6 nitrogen and oxygen atoms in total. The fraction of sp³-hybridized carbons (Fsp3) is 0.316. The number of aromatic hydroxyl groups is 1. The molecule has 0 saturated heterocycles. The van der Waals surface area contributed by atoms with Gasteiger partial charge in [-0.2, -0.15) is 0 Å². The van der Waals surface area contributed by atoms with Crippen molar-refractivity contribution in [3.63, 3.8) is 0 Å². The zero-order chi connectivity index (χ0) is 18.2. The molecule has 0 aliphatic carbocycles. The van der Waals surface area contributed by atoms with E-state index in [0.717, 1.165) is 0 Å². The molecule has 2 aromatic carbocycles. The van der Waals surface area contributed by atoms with E-state index in [1.54, 1.807) is 31.2 Å². The highest BCUT2D eigenvalue weighted by Crippen LogP contribution is 2.48. The highest BCUT2D eigenvalue weighted by molar-refractivity contribution is 5.88. The fourth-order valence-corrected chi connectivity index (χ4v) is 3.19. The Bertz CT molecular complexity index is 825. The predicted octanol–water partition coefficient (Wildman–Crippen LogP) is 2.68. The number of phenols is 1. The molecule has 1 aliphatic heterocycles. The average molecular weight is 344 g/mol. The number of carbonyl (C=O) groups is 1. The number of rotatable bonds is 2. The smallest absolute Gasteiger partial charge is 0.314 e. The van der Waals surface area contributed by atoms with Crippen LogP contribution >= 0.6 is 0 Å². The summed E-state index contributed by atoms with van der Waals surface area (Å²) in [6.45, 7) is 1.56. The maximum atomic E-state index is 12.2. The Kier molecular flexibility index (Phi) is 4.30. The molecule has 3 rings (SSSR count). The van der Waals surface area contributed by atoms with Crippen molar-refractivity contribution >= 4 is 5.97 Å². The molecular formula is C19H20O6. The number of carbonyl (C=O) groups excluding carboxylic acids is 1. The van der Waals surface area contributed by atoms with E-state index >= 15 is 0 Å². The van der Waals surface area contributed by atoms with Crippen molar-refractivity contribution in [2.24, 2.45) is 0 Å². The third kappa shape index (κ3) is 3.13. The summed E-state index contributed by atoms with van der Waals surface area (Å²) >= 11 is 0. The van der Waals surface area contributed by atoms with E-state index in [4.69, 9.17) is 14.2 Å². The highest BCUT2D eigenvalue weighted by atomic mass is 16.5. The molecule has 0 amide bonds. The number of methoxy groups -OCH3 is 2. The Balaban J connectivity index is 2.41. The summed E-state index contributed by atoms with van der Waals surface area (Å²) in [6.07, 6.45) is -0.0620. The van der Waals surface area contributed by atoms with Crippen molar-refractivity contribution in [2.45, 2.75) is 25.4 Å². The van der Waals surface area contributed by atoms with Crippen molar-refractivity contribution in [3.05, 3.63) is 35.9 Å². The number of esters is 1. The quantitative estimate of drug-likeness (QED) is 0.644. The molecule has 0 unspecified atom stereocenters. The molecule has 1 atom stereocenters. The molecule has 6 heteroatoms. The van der Waals surface area contributed by atoms with E-state index in [2.05, 4.69) is 0 Å². The van der Waals surface area contributed by atoms with Crippen LogP contribution in [0.2, 0.25) is 0 Å². The lowest BCUT2D eigenvalue weighted by Crippen LogP contribution is -2.32. The van der Waals surface area contributed by atoms with Crippen molar-refractivity contribution in [1.82, 2.24) is 0 Å². The molecule has 2 N–H and O–H groups in total. The Morgan fingerprint density at radius 3 is 2.40 bits per heavy atom. The van der Waals surface area contributed by atoms with Gasteiger partial charge in [0.1, 0.15) is 23.0 Å². The van der Waals surface area contributed by atoms with Crippen LogP contribution in [0.15, 0.2) is 30.3 Å². The van der Waals surface area contributed by atoms with Gasteiger partial charge >= 0.3 is 5.97 Å². The molecule has 25 heavy (non-hydrogen) atoms. The van der Waals surface area contributed by atoms with Gasteiger partial charge in [-0.1, -0.05) is 6.07 Å². The largest absolute Gasteiger partial charge is 0.507 e. The number of hydrogen-bond acceptors (Lipinski definition) is 6. The lowest BCUT2D eigenvalue weighted by Gasteiger charge is -2.24. The van der Waals surface area contributed by atoms with Gasteiger partial charge in [-0.25, -0.2) is 0 Å². The van der Waals surface area contributed by atoms with Crippen LogP contribution in [0, 0.1) is 0 Å². The third-order valence-electron chi connectivity index (χ3n) is 4.23. The maximum Gasteiger partial charge on any atom is 0.314 e. The van der Waals surface area contributed by atoms with Crippen LogP contribution in [0.3, 0.4) is 0 Å². The zero-order valence-electron chi connectivity index (χ0n) is 14.3. The second kappa shape index (κ2) is 6.29. The standard InChI is InChI=1S/C19H20O6/c1-19(22)9-11-13(23-2)7-8-14(24-3)17(11)18-12(20)5-4-6-15(18)25-16(21)10-19/h4-8,20,22H,9-10H2,1-3H3/t19-/m1/s1. The predicted molar refractivity (Wildman–Crippen MR) is 91.2 cm³/mol. The summed E-state index contributed by atoms with van der Waals surface area (Å²) in [6, 6.07) is 8.13. The van der Waals surface area contributed by atoms with Gasteiger partial charge < -0.3 is 24.4 Å². The van der Waals surface area contributed by atoms with E-state index in [-0.39, 0.29) is 24.3 Å². The average Bonchev–Trinajstić information content (AvgIpc) is 2.58. The molecule has 2 aromatic rings. The van der Waals surface area contributed by atoms with Crippen LogP contribution < -0.4 is 14.2 Å². The summed E-state index contributed by atoms with van der Waals surface area (Å²) in [7, 11) is 3.04. The van der Waals surface area contributed by atoms with Gasteiger partial charge in [0.15, 0.2) is 0 Å². The molecule has 0 fully saturated rings. The Hall–Kier alpha value is -2.73. The first kappa shape index (κ1) is 17.1. The minimum Gasteiger partial charge on any atom is -0.507 e. The number of ether oxygens (including phenoxy) is 3. The van der Waals surface area contributed by atoms with Gasteiger partial charge in [-0.15, -0.1) is 0 Å². The normalized spacial score (nSPS) is 19.6. The molecule has 132 valence electrons. The summed E-state index contributed by atoms with van der Waals surface area (Å²) < 4.78 is 16.3. The number of phenolic OH excluding ortho intramolecular Hbond substituents is 1. The van der Waals surface area contributed by atoms with Crippen molar-refractivity contribution < 1.29 is 29.2 Å². The van der Waals surface area contributed by atoms with Crippen LogP contribution in [-0.2, 0) is 11.2 Å². The third-order valence-corrected chi connectivity index (χ3v) is 4.23. The van der Waals surface area contributed by atoms with Gasteiger partial charge in [0.2, 0.25) is 0 Å². The van der Waals surface area contributed by atoms with Crippen molar-refractivity contribution in [3.8, 4) is 34.1 Å². The Labute approximate surface area is 145 Å². The zero-order valence-corrected chi connectivity index (χ0v) is 14.3. The number of benzene rings is 2. The lowest BCUT2D eigenvalue weighted by molar-refractivity contribution is -0.139. The van der Waals surface area contributed by atoms with E-state index in [9.17, 15) is 15.0 Å². The number of fused-ring (bicyclic) bond motifs is 3. The first-order chi connectivity index (χ1) is 11.9. The monoisotopic (exact) mass is 344 g/mol. The minimum atomic E-state index is -1.34. The van der Waals surface area contributed by atoms with Crippen molar-refractivity contribution in [2.75, 3.05) is 14.2 Å². The second-order valence-electron chi connectivity index (χ2n) is 6.30. The molecule has 1 heterocycles. The molecule has 0 bridgehead atoms. The van der Waals surface area contributed by atoms with E-state index in [1.165, 1.54) is 20.3 Å². The fourth-order valence-electron chi connectivity index (χ4n) is 3.19. The highest BCUT2D eigenvalue weighted by Gasteiger charge is 2.34. The topological polar surface area (TPSA) is 85.2 Å². The number of aliphatic hydroxyl groups is 1. The van der Waals surface area contributed by atoms with Crippen LogP contribution in [-0.4, -0.2) is 36.0 Å². The first-order valence-electron chi connectivity index (χ1n) is 7.85. The van der Waals surface area contributed by atoms with Crippen molar-refractivity contribution in [1.29, 1.82) is 0 Å². The van der Waals surface area contributed by atoms with Gasteiger partial charge in [-0.3, -0.25) is 4.79 Å². The number of hydrogen-bond donors (Lipinski definition) is 2. The molecule has 0 radical (unpaired) electrons. The summed E-state index contributed by atoms with van der Waals surface area (Å²) in [5, 5.41) is 21.2. The second-order valence-corrected chi connectivity index (χ2v) is 6.30. The van der Waals surface area contributed by atoms with E-state index < -0.39 is 11.6 Å². The summed E-state index contributed by atoms with van der Waals surface area (Å²) in [5.74, 6) is 0.574. The molecule has 0 spiro atoms. The SMILES string of the molecule is COc1ccc(OC)c2c1C[C@@](C)(O)CC(=O)Oc1cccc(O)c1-2. The molecular weight excluding hydrogens is 324 g/mol. The van der Waals surface area contributed by atoms with Gasteiger partial charge in [0, 0.05) is 17.5 Å². The summed E-state index contributed by atoms with van der Waals surface area (Å²) in [4.78, 5) is 12.2. The Morgan fingerprint density at radius 1 is 1.04 bits per heavy atom. The first-order valence-corrected chi connectivity index (χ1v) is 7.85. The van der Waals surface area contributed by atoms with Gasteiger partial charge in [-0.05, 0) is 31.2 Å². The van der Waals surface area contributed by atoms with Gasteiger partial charge in [0.05, 0.1) is 31.8 Å². The Morgan fingerprint density at radius 2 is 1.72 bits per heavy atom. The van der Waals surface area contributed by atoms with E-state index in [0.29, 0.717) is 28.2 Å². The van der Waals surface area contributed by atoms with Crippen LogP contribution in [0.25, 0.3) is 11.1 Å². The van der Waals surface area contributed by atoms with Crippen LogP contribution in [0.4, 0.5) is 0 Å². The maximum absolute atomic E-state index is 12.2. The van der Waals surface area contributed by atoms with Gasteiger partial charge in [0.25, 0.3) is 0 Å². The van der Waals surface area contributed by atoms with E-state index in [1.807, 2.05) is 0 Å². The van der Waals surface area contributed by atoms with Crippen LogP contribution in [0.5, 0.6) is 23.0 Å². The summed E-state index contributed by atoms with van der Waals surface area (Å²) in [5.41, 5.74) is 0.153.